The van der Waals surface area contributed by atoms with E-state index in [4.69, 9.17) is 14.6 Å². The highest BCUT2D eigenvalue weighted by atomic mass is 16.5. The zero-order chi connectivity index (χ0) is 15.0. The van der Waals surface area contributed by atoms with Crippen molar-refractivity contribution < 1.29 is 14.6 Å². The van der Waals surface area contributed by atoms with Crippen LogP contribution in [-0.4, -0.2) is 31.5 Å². The second-order valence-corrected chi connectivity index (χ2v) is 5.36. The van der Waals surface area contributed by atoms with Crippen LogP contribution in [0.1, 0.15) is 32.8 Å². The molecule has 0 radical (unpaired) electrons. The number of aliphatic hydroxyl groups is 1. The average molecular weight is 281 g/mol. The maximum absolute atomic E-state index is 9.16. The molecule has 1 rings (SSSR count). The number of hydrogen-bond acceptors (Lipinski definition) is 4. The third-order valence-electron chi connectivity index (χ3n) is 3.11. The van der Waals surface area contributed by atoms with Gasteiger partial charge in [-0.25, -0.2) is 0 Å². The molecular weight excluding hydrogens is 254 g/mol. The zero-order valence-electron chi connectivity index (χ0n) is 13.0. The first-order valence-corrected chi connectivity index (χ1v) is 7.24. The summed E-state index contributed by atoms with van der Waals surface area (Å²) in [6.07, 6.45) is 0.906. The number of aliphatic hydroxyl groups excluding tert-OH is 1. The van der Waals surface area contributed by atoms with Gasteiger partial charge in [0, 0.05) is 12.6 Å². The largest absolute Gasteiger partial charge is 0.493 e. The summed E-state index contributed by atoms with van der Waals surface area (Å²) in [6, 6.07) is 6.08. The monoisotopic (exact) mass is 281 g/mol. The van der Waals surface area contributed by atoms with Crippen LogP contribution in [0.3, 0.4) is 0 Å². The lowest BCUT2D eigenvalue weighted by Gasteiger charge is -2.16. The van der Waals surface area contributed by atoms with Gasteiger partial charge in [-0.05, 0) is 30.0 Å². The molecule has 1 atom stereocenters. The van der Waals surface area contributed by atoms with Gasteiger partial charge in [0.25, 0.3) is 0 Å². The zero-order valence-corrected chi connectivity index (χ0v) is 13.0. The summed E-state index contributed by atoms with van der Waals surface area (Å²) in [4.78, 5) is 0. The van der Waals surface area contributed by atoms with E-state index in [0.29, 0.717) is 19.1 Å². The van der Waals surface area contributed by atoms with Gasteiger partial charge >= 0.3 is 0 Å². The Labute approximate surface area is 122 Å². The van der Waals surface area contributed by atoms with Gasteiger partial charge < -0.3 is 19.9 Å². The molecule has 0 fully saturated rings. The molecule has 0 aliphatic carbocycles. The van der Waals surface area contributed by atoms with Crippen molar-refractivity contribution in [2.45, 2.75) is 39.8 Å². The van der Waals surface area contributed by atoms with E-state index >= 15 is 0 Å². The third kappa shape index (κ3) is 5.39. The van der Waals surface area contributed by atoms with Crippen LogP contribution >= 0.6 is 0 Å². The SMILES string of the molecule is CCC(CO)NCc1ccc(OCC(C)C)c(OC)c1. The number of rotatable bonds is 9. The minimum atomic E-state index is 0.137. The van der Waals surface area contributed by atoms with Crippen LogP contribution in [0.4, 0.5) is 0 Å². The molecule has 0 saturated carbocycles. The topological polar surface area (TPSA) is 50.7 Å². The van der Waals surface area contributed by atoms with Crippen LogP contribution in [0.2, 0.25) is 0 Å². The van der Waals surface area contributed by atoms with Crippen LogP contribution in [-0.2, 0) is 6.54 Å². The first-order valence-electron chi connectivity index (χ1n) is 7.24. The minimum Gasteiger partial charge on any atom is -0.493 e. The summed E-state index contributed by atoms with van der Waals surface area (Å²) in [5.74, 6) is 2.01. The van der Waals surface area contributed by atoms with Crippen LogP contribution in [0, 0.1) is 5.92 Å². The summed E-state index contributed by atoms with van der Waals surface area (Å²) in [5, 5.41) is 12.5. The number of hydrogen-bond donors (Lipinski definition) is 2. The highest BCUT2D eigenvalue weighted by Gasteiger charge is 2.08. The summed E-state index contributed by atoms with van der Waals surface area (Å²) in [5.41, 5.74) is 1.12. The van der Waals surface area contributed by atoms with Crippen molar-refractivity contribution in [1.29, 1.82) is 0 Å². The number of benzene rings is 1. The lowest BCUT2D eigenvalue weighted by atomic mass is 10.1. The highest BCUT2D eigenvalue weighted by Crippen LogP contribution is 2.28. The maximum Gasteiger partial charge on any atom is 0.161 e. The average Bonchev–Trinajstić information content (AvgIpc) is 2.46. The first-order chi connectivity index (χ1) is 9.60. The predicted octanol–water partition coefficient (Wildman–Crippen LogP) is 2.59. The first kappa shape index (κ1) is 16.8. The molecule has 1 unspecified atom stereocenters. The quantitative estimate of drug-likeness (QED) is 0.730. The third-order valence-corrected chi connectivity index (χ3v) is 3.11. The van der Waals surface area contributed by atoms with Crippen molar-refractivity contribution in [3.05, 3.63) is 23.8 Å². The lowest BCUT2D eigenvalue weighted by Crippen LogP contribution is -2.31. The Balaban J connectivity index is 2.66. The molecule has 0 bridgehead atoms. The van der Waals surface area contributed by atoms with Crippen LogP contribution in [0.15, 0.2) is 18.2 Å². The van der Waals surface area contributed by atoms with Crippen LogP contribution in [0.25, 0.3) is 0 Å². The van der Waals surface area contributed by atoms with Gasteiger partial charge in [0.15, 0.2) is 11.5 Å². The van der Waals surface area contributed by atoms with Gasteiger partial charge in [0.05, 0.1) is 20.3 Å². The van der Waals surface area contributed by atoms with E-state index in [0.717, 1.165) is 23.5 Å². The van der Waals surface area contributed by atoms with Crippen molar-refractivity contribution in [1.82, 2.24) is 5.32 Å². The van der Waals surface area contributed by atoms with Gasteiger partial charge in [-0.3, -0.25) is 0 Å². The van der Waals surface area contributed by atoms with E-state index in [2.05, 4.69) is 26.1 Å². The Morgan fingerprint density at radius 2 is 2.00 bits per heavy atom. The molecule has 0 aromatic heterocycles. The number of nitrogens with one attached hydrogen (secondary N) is 1. The van der Waals surface area contributed by atoms with Crippen molar-refractivity contribution >= 4 is 0 Å². The molecule has 0 heterocycles. The second-order valence-electron chi connectivity index (χ2n) is 5.36. The molecule has 114 valence electrons. The Morgan fingerprint density at radius 1 is 1.25 bits per heavy atom. The fraction of sp³-hybridized carbons (Fsp3) is 0.625. The molecule has 1 aromatic rings. The smallest absolute Gasteiger partial charge is 0.161 e. The molecule has 0 spiro atoms. The summed E-state index contributed by atoms with van der Waals surface area (Å²) < 4.78 is 11.1. The summed E-state index contributed by atoms with van der Waals surface area (Å²) >= 11 is 0. The molecule has 4 nitrogen and oxygen atoms in total. The standard InChI is InChI=1S/C16H27NO3/c1-5-14(10-18)17-9-13-6-7-15(16(8-13)19-4)20-11-12(2)3/h6-8,12,14,17-18H,5,9-11H2,1-4H3. The Bertz CT molecular complexity index is 389. The maximum atomic E-state index is 9.16. The van der Waals surface area contributed by atoms with Crippen molar-refractivity contribution in [3.63, 3.8) is 0 Å². The van der Waals surface area contributed by atoms with Gasteiger partial charge in [-0.15, -0.1) is 0 Å². The fourth-order valence-electron chi connectivity index (χ4n) is 1.80. The molecule has 0 amide bonds. The number of ether oxygens (including phenoxy) is 2. The van der Waals surface area contributed by atoms with Gasteiger partial charge in [-0.1, -0.05) is 26.8 Å². The van der Waals surface area contributed by atoms with Gasteiger partial charge in [0.2, 0.25) is 0 Å². The van der Waals surface area contributed by atoms with Gasteiger partial charge in [-0.2, -0.15) is 0 Å². The van der Waals surface area contributed by atoms with E-state index < -0.39 is 0 Å². The summed E-state index contributed by atoms with van der Waals surface area (Å²) in [6.45, 7) is 7.83. The van der Waals surface area contributed by atoms with Crippen molar-refractivity contribution in [2.24, 2.45) is 5.92 Å². The van der Waals surface area contributed by atoms with E-state index in [1.54, 1.807) is 7.11 Å². The molecule has 4 heteroatoms. The molecule has 0 saturated heterocycles. The van der Waals surface area contributed by atoms with Crippen LogP contribution < -0.4 is 14.8 Å². The Kier molecular flexibility index (Phi) is 7.41. The van der Waals surface area contributed by atoms with Gasteiger partial charge in [0.1, 0.15) is 0 Å². The molecule has 0 aliphatic heterocycles. The fourth-order valence-corrected chi connectivity index (χ4v) is 1.80. The van der Waals surface area contributed by atoms with Crippen molar-refractivity contribution in [2.75, 3.05) is 20.3 Å². The Morgan fingerprint density at radius 3 is 2.55 bits per heavy atom. The molecular formula is C16H27NO3. The van der Waals surface area contributed by atoms with E-state index in [9.17, 15) is 0 Å². The normalized spacial score (nSPS) is 12.5. The minimum absolute atomic E-state index is 0.137. The predicted molar refractivity (Wildman–Crippen MR) is 81.3 cm³/mol. The molecule has 1 aromatic carbocycles. The van der Waals surface area contributed by atoms with E-state index in [1.165, 1.54) is 0 Å². The Hall–Kier alpha value is -1.26. The molecule has 2 N–H and O–H groups in total. The summed E-state index contributed by atoms with van der Waals surface area (Å²) in [7, 11) is 1.65. The number of methoxy groups -OCH3 is 1. The van der Waals surface area contributed by atoms with E-state index in [1.807, 2.05) is 18.2 Å². The van der Waals surface area contributed by atoms with Crippen molar-refractivity contribution in [3.8, 4) is 11.5 Å². The van der Waals surface area contributed by atoms with E-state index in [-0.39, 0.29) is 12.6 Å². The molecule has 20 heavy (non-hydrogen) atoms. The lowest BCUT2D eigenvalue weighted by molar-refractivity contribution is 0.238. The molecule has 0 aliphatic rings. The second kappa shape index (κ2) is 8.82. The van der Waals surface area contributed by atoms with Crippen LogP contribution in [0.5, 0.6) is 11.5 Å². The highest BCUT2D eigenvalue weighted by molar-refractivity contribution is 5.43.